The highest BCUT2D eigenvalue weighted by atomic mass is 16.7. The number of piperidine rings is 2. The van der Waals surface area contributed by atoms with Crippen LogP contribution >= 0.6 is 0 Å². The van der Waals surface area contributed by atoms with E-state index in [0.717, 1.165) is 43.4 Å². The summed E-state index contributed by atoms with van der Waals surface area (Å²) in [6, 6.07) is -0.476. The summed E-state index contributed by atoms with van der Waals surface area (Å²) in [4.78, 5) is 60.8. The Bertz CT molecular complexity index is 783. The van der Waals surface area contributed by atoms with Crippen molar-refractivity contribution in [3.63, 3.8) is 0 Å². The minimum atomic E-state index is -1.00. The topological polar surface area (TPSA) is 113 Å². The van der Waals surface area contributed by atoms with Crippen molar-refractivity contribution in [2.75, 3.05) is 20.1 Å². The number of carbonyl (C=O) groups excluding carboxylic acids is 4. The SMILES string of the molecule is CN1C(=O)N(C[C@H](C(=O)ON)[C@H]2CC3CCCC34CCCCN4C2=O)C(=O)C1(C)C. The number of amides is 4. The van der Waals surface area contributed by atoms with E-state index in [-0.39, 0.29) is 23.9 Å². The number of nitrogens with two attached hydrogens (primary N) is 1. The van der Waals surface area contributed by atoms with Gasteiger partial charge in [-0.2, -0.15) is 5.90 Å². The number of hydrogen-bond acceptors (Lipinski definition) is 6. The van der Waals surface area contributed by atoms with Gasteiger partial charge in [-0.1, -0.05) is 6.42 Å². The molecule has 4 rings (SSSR count). The Balaban J connectivity index is 1.63. The van der Waals surface area contributed by atoms with E-state index in [1.165, 1.54) is 4.90 Å². The maximum Gasteiger partial charge on any atom is 0.330 e. The molecule has 1 aliphatic carbocycles. The highest BCUT2D eigenvalue weighted by Gasteiger charge is 2.58. The van der Waals surface area contributed by atoms with E-state index < -0.39 is 29.4 Å². The lowest BCUT2D eigenvalue weighted by molar-refractivity contribution is -0.168. The molecule has 3 aliphatic heterocycles. The molecule has 0 aromatic carbocycles. The fraction of sp³-hybridized carbons (Fsp3) is 0.810. The van der Waals surface area contributed by atoms with Crippen molar-refractivity contribution >= 4 is 23.8 Å². The van der Waals surface area contributed by atoms with Crippen LogP contribution in [0.3, 0.4) is 0 Å². The van der Waals surface area contributed by atoms with Gasteiger partial charge in [0.1, 0.15) is 5.54 Å². The summed E-state index contributed by atoms with van der Waals surface area (Å²) in [5.41, 5.74) is -1.08. The molecule has 3 heterocycles. The first-order chi connectivity index (χ1) is 14.1. The zero-order valence-corrected chi connectivity index (χ0v) is 18.1. The summed E-state index contributed by atoms with van der Waals surface area (Å²) in [5.74, 6) is 2.76. The van der Waals surface area contributed by atoms with Crippen molar-refractivity contribution in [1.82, 2.24) is 14.7 Å². The van der Waals surface area contributed by atoms with E-state index in [2.05, 4.69) is 4.84 Å². The number of rotatable bonds is 4. The molecule has 0 aromatic rings. The van der Waals surface area contributed by atoms with E-state index >= 15 is 0 Å². The minimum Gasteiger partial charge on any atom is -0.373 e. The standard InChI is InChI=1S/C21H32N4O5/c1-20(2)18(28)24(19(29)23(20)3)12-15(17(27)30-22)14-11-13-7-6-9-21(13)8-4-5-10-25(21)16(14)26/h13-15H,4-12,22H2,1-3H3/t13?,14-,15+,21?/m1/s1. The lowest BCUT2D eigenvalue weighted by Crippen LogP contribution is -2.63. The molecule has 4 aliphatic rings. The van der Waals surface area contributed by atoms with E-state index in [1.54, 1.807) is 20.9 Å². The van der Waals surface area contributed by atoms with Crippen LogP contribution in [0.1, 0.15) is 58.8 Å². The lowest BCUT2D eigenvalue weighted by Gasteiger charge is -2.54. The van der Waals surface area contributed by atoms with Gasteiger partial charge in [0.05, 0.1) is 11.8 Å². The van der Waals surface area contributed by atoms with E-state index in [0.29, 0.717) is 18.9 Å². The molecule has 166 valence electrons. The average molecular weight is 421 g/mol. The van der Waals surface area contributed by atoms with Crippen molar-refractivity contribution in [2.24, 2.45) is 23.7 Å². The second kappa shape index (κ2) is 7.21. The lowest BCUT2D eigenvalue weighted by atomic mass is 9.67. The third-order valence-corrected chi connectivity index (χ3v) is 8.23. The number of likely N-dealkylation sites (N-methyl/N-ethyl adjacent to an activating group) is 1. The Morgan fingerprint density at radius 1 is 1.20 bits per heavy atom. The molecule has 30 heavy (non-hydrogen) atoms. The Kier molecular flexibility index (Phi) is 5.07. The number of imide groups is 1. The van der Waals surface area contributed by atoms with Crippen LogP contribution in [0.4, 0.5) is 4.79 Å². The summed E-state index contributed by atoms with van der Waals surface area (Å²) in [5, 5.41) is 0. The van der Waals surface area contributed by atoms with Gasteiger partial charge in [0.15, 0.2) is 0 Å². The van der Waals surface area contributed by atoms with Gasteiger partial charge in [-0.25, -0.2) is 9.59 Å². The number of urea groups is 1. The fourth-order valence-corrected chi connectivity index (χ4v) is 6.27. The molecule has 1 spiro atoms. The molecule has 0 bridgehead atoms. The van der Waals surface area contributed by atoms with Crippen molar-refractivity contribution in [2.45, 2.75) is 69.9 Å². The van der Waals surface area contributed by atoms with Gasteiger partial charge in [-0.15, -0.1) is 0 Å². The monoisotopic (exact) mass is 420 g/mol. The molecule has 4 amide bonds. The second-order valence-electron chi connectivity index (χ2n) is 9.84. The largest absolute Gasteiger partial charge is 0.373 e. The van der Waals surface area contributed by atoms with E-state index in [9.17, 15) is 19.2 Å². The van der Waals surface area contributed by atoms with Crippen molar-refractivity contribution in [1.29, 1.82) is 0 Å². The van der Waals surface area contributed by atoms with Crippen molar-refractivity contribution in [3.8, 4) is 0 Å². The Morgan fingerprint density at radius 3 is 2.53 bits per heavy atom. The van der Waals surface area contributed by atoms with Crippen LogP contribution < -0.4 is 5.90 Å². The first-order valence-electron chi connectivity index (χ1n) is 11.0. The van der Waals surface area contributed by atoms with E-state index in [4.69, 9.17) is 5.90 Å². The summed E-state index contributed by atoms with van der Waals surface area (Å²) >= 11 is 0. The van der Waals surface area contributed by atoms with Crippen LogP contribution in [0.5, 0.6) is 0 Å². The minimum absolute atomic E-state index is 0.0602. The maximum atomic E-state index is 13.6. The smallest absolute Gasteiger partial charge is 0.330 e. The first kappa shape index (κ1) is 21.1. The van der Waals surface area contributed by atoms with Crippen LogP contribution in [0.2, 0.25) is 0 Å². The molecule has 3 saturated heterocycles. The quantitative estimate of drug-likeness (QED) is 0.541. The average Bonchev–Trinajstić information content (AvgIpc) is 3.19. The summed E-state index contributed by atoms with van der Waals surface area (Å²) in [6.07, 6.45) is 6.80. The molecule has 2 unspecified atom stereocenters. The molecular weight excluding hydrogens is 388 g/mol. The normalized spacial score (nSPS) is 34.1. The predicted molar refractivity (Wildman–Crippen MR) is 106 cm³/mol. The van der Waals surface area contributed by atoms with Crippen molar-refractivity contribution < 1.29 is 24.0 Å². The van der Waals surface area contributed by atoms with Crippen LogP contribution in [-0.4, -0.2) is 69.7 Å². The molecule has 9 nitrogen and oxygen atoms in total. The Hall–Kier alpha value is -2.16. The number of hydrogen-bond donors (Lipinski definition) is 1. The van der Waals surface area contributed by atoms with Crippen LogP contribution in [0.15, 0.2) is 0 Å². The highest BCUT2D eigenvalue weighted by molar-refractivity contribution is 6.06. The number of nitrogens with zero attached hydrogens (tertiary/aromatic N) is 3. The van der Waals surface area contributed by atoms with E-state index in [1.807, 2.05) is 4.90 Å². The fourth-order valence-electron chi connectivity index (χ4n) is 6.27. The summed E-state index contributed by atoms with van der Waals surface area (Å²) in [6.45, 7) is 3.84. The van der Waals surface area contributed by atoms with Gasteiger partial charge >= 0.3 is 12.0 Å². The predicted octanol–water partition coefficient (Wildman–Crippen LogP) is 1.26. The highest BCUT2D eigenvalue weighted by Crippen LogP contribution is 2.53. The molecule has 0 radical (unpaired) electrons. The second-order valence-corrected chi connectivity index (χ2v) is 9.84. The van der Waals surface area contributed by atoms with Crippen LogP contribution in [0.25, 0.3) is 0 Å². The molecule has 2 N–H and O–H groups in total. The van der Waals surface area contributed by atoms with Gasteiger partial charge in [0.25, 0.3) is 5.91 Å². The van der Waals surface area contributed by atoms with Crippen molar-refractivity contribution in [3.05, 3.63) is 0 Å². The Morgan fingerprint density at radius 2 is 1.90 bits per heavy atom. The van der Waals surface area contributed by atoms with Gasteiger partial charge < -0.3 is 14.6 Å². The van der Waals surface area contributed by atoms with Gasteiger partial charge in [-0.05, 0) is 58.3 Å². The first-order valence-corrected chi connectivity index (χ1v) is 11.0. The van der Waals surface area contributed by atoms with Gasteiger partial charge in [0, 0.05) is 25.7 Å². The molecule has 9 heteroatoms. The van der Waals surface area contributed by atoms with Gasteiger partial charge in [0.2, 0.25) is 5.91 Å². The molecule has 1 saturated carbocycles. The molecule has 4 atom stereocenters. The Labute approximate surface area is 176 Å². The molecule has 4 fully saturated rings. The summed E-state index contributed by atoms with van der Waals surface area (Å²) < 4.78 is 0. The molecular formula is C21H32N4O5. The zero-order chi connectivity index (χ0) is 21.8. The van der Waals surface area contributed by atoms with Crippen LogP contribution in [-0.2, 0) is 19.2 Å². The van der Waals surface area contributed by atoms with Crippen LogP contribution in [0, 0.1) is 17.8 Å². The number of carbonyl (C=O) groups is 4. The summed E-state index contributed by atoms with van der Waals surface area (Å²) in [7, 11) is 1.56. The third-order valence-electron chi connectivity index (χ3n) is 8.23. The van der Waals surface area contributed by atoms with Gasteiger partial charge in [-0.3, -0.25) is 14.5 Å². The molecule has 0 aromatic heterocycles. The maximum absolute atomic E-state index is 13.6. The third kappa shape index (κ3) is 2.85. The zero-order valence-electron chi connectivity index (χ0n) is 18.1.